The molecular weight excluding hydrogens is 544 g/mol. The number of carboxylic acids is 1. The molecule has 4 aromatic rings. The van der Waals surface area contributed by atoms with Gasteiger partial charge in [0, 0.05) is 35.4 Å². The van der Waals surface area contributed by atoms with E-state index in [-0.39, 0.29) is 6.04 Å². The Bertz CT molecular complexity index is 1300. The first-order chi connectivity index (χ1) is 20.3. The molecule has 2 unspecified atom stereocenters. The van der Waals surface area contributed by atoms with Crippen molar-refractivity contribution in [3.8, 4) is 17.0 Å². The highest BCUT2D eigenvalue weighted by Gasteiger charge is 2.17. The molecule has 0 radical (unpaired) electrons. The summed E-state index contributed by atoms with van der Waals surface area (Å²) in [6.07, 6.45) is 1.59. The zero-order valence-corrected chi connectivity index (χ0v) is 26.6. The lowest BCUT2D eigenvalue weighted by molar-refractivity contribution is -0.149. The quantitative estimate of drug-likeness (QED) is 0.163. The maximum atomic E-state index is 11.3. The lowest BCUT2D eigenvalue weighted by atomic mass is 10.1. The number of carboxylic acid groups (broad SMARTS) is 1. The van der Waals surface area contributed by atoms with Gasteiger partial charge in [-0.05, 0) is 80.1 Å². The Morgan fingerprint density at radius 1 is 0.952 bits per heavy atom. The Balaban J connectivity index is 0.000000473. The third-order valence-electron chi connectivity index (χ3n) is 6.48. The fourth-order valence-corrected chi connectivity index (χ4v) is 4.65. The molecule has 2 atom stereocenters. The van der Waals surface area contributed by atoms with Gasteiger partial charge >= 0.3 is 5.97 Å². The number of hydrogen-bond acceptors (Lipinski definition) is 5. The van der Waals surface area contributed by atoms with Crippen molar-refractivity contribution in [1.82, 2.24) is 4.57 Å². The zero-order chi connectivity index (χ0) is 30.9. The first kappa shape index (κ1) is 34.7. The van der Waals surface area contributed by atoms with E-state index < -0.39 is 12.1 Å². The molecule has 0 saturated heterocycles. The molecule has 1 aromatic heterocycles. The maximum absolute atomic E-state index is 11.3. The highest BCUT2D eigenvalue weighted by atomic mass is 32.2. The fraction of sp³-hybridized carbons (Fsp3) is 0.343. The summed E-state index contributed by atoms with van der Waals surface area (Å²) in [4.78, 5) is 12.5. The smallest absolute Gasteiger partial charge is 0.333 e. The van der Waals surface area contributed by atoms with Crippen LogP contribution >= 0.6 is 11.8 Å². The minimum atomic E-state index is -0.942. The van der Waals surface area contributed by atoms with E-state index in [1.54, 1.807) is 18.7 Å². The van der Waals surface area contributed by atoms with Crippen LogP contribution in [0.25, 0.3) is 11.3 Å². The number of aliphatic carboxylic acids is 1. The number of thioether (sulfide) groups is 1. The standard InChI is InChI=1S/C25H29NO4S.C8H11N.C2H6/c1-4-29-24(25(27)28)17-19-6-10-21(11-7-19)30-16-15-26-18(2)5-14-23(26)20-8-12-22(31-3)13-9-20;1-7(9)8-5-3-2-4-6-8;1-2/h5-14,24H,4,15-17H2,1-3H3,(H,27,28);2-7H,9H2,1H3;1-2H3. The van der Waals surface area contributed by atoms with E-state index in [1.165, 1.54) is 27.4 Å². The topological polar surface area (TPSA) is 86.7 Å². The number of benzene rings is 3. The van der Waals surface area contributed by atoms with Crippen LogP contribution in [0.1, 0.15) is 50.6 Å². The second-order valence-corrected chi connectivity index (χ2v) is 10.3. The summed E-state index contributed by atoms with van der Waals surface area (Å²) in [5, 5.41) is 9.23. The van der Waals surface area contributed by atoms with Crippen LogP contribution in [0, 0.1) is 6.92 Å². The number of aryl methyl sites for hydroxylation is 1. The number of nitrogens with zero attached hydrogens (tertiary/aromatic N) is 1. The van der Waals surface area contributed by atoms with Gasteiger partial charge in [-0.3, -0.25) is 0 Å². The van der Waals surface area contributed by atoms with Crippen molar-refractivity contribution in [1.29, 1.82) is 0 Å². The first-order valence-electron chi connectivity index (χ1n) is 14.5. The van der Waals surface area contributed by atoms with Crippen LogP contribution in [-0.4, -0.2) is 41.2 Å². The Hall–Kier alpha value is -3.52. The van der Waals surface area contributed by atoms with E-state index in [0.717, 1.165) is 17.9 Å². The van der Waals surface area contributed by atoms with Gasteiger partial charge in [-0.15, -0.1) is 11.8 Å². The van der Waals surface area contributed by atoms with Crippen molar-refractivity contribution in [2.24, 2.45) is 5.73 Å². The van der Waals surface area contributed by atoms with Crippen LogP contribution in [0.3, 0.4) is 0 Å². The predicted molar refractivity (Wildman–Crippen MR) is 175 cm³/mol. The number of carbonyl (C=O) groups is 1. The molecule has 0 saturated carbocycles. The molecule has 1 heterocycles. The average molecular weight is 591 g/mol. The van der Waals surface area contributed by atoms with Crippen LogP contribution in [-0.2, 0) is 22.5 Å². The maximum Gasteiger partial charge on any atom is 0.333 e. The van der Waals surface area contributed by atoms with Crippen molar-refractivity contribution in [2.45, 2.75) is 64.6 Å². The summed E-state index contributed by atoms with van der Waals surface area (Å²) >= 11 is 1.74. The molecule has 3 aromatic carbocycles. The number of aromatic nitrogens is 1. The van der Waals surface area contributed by atoms with Crippen molar-refractivity contribution >= 4 is 17.7 Å². The number of hydrogen-bond donors (Lipinski definition) is 2. The predicted octanol–water partition coefficient (Wildman–Crippen LogP) is 8.03. The highest BCUT2D eigenvalue weighted by molar-refractivity contribution is 7.98. The molecule has 7 heteroatoms. The SMILES string of the molecule is CC.CC(N)c1ccccc1.CCOC(Cc1ccc(OCCn2c(C)ccc2-c2ccc(SC)cc2)cc1)C(=O)O. The van der Waals surface area contributed by atoms with Crippen molar-refractivity contribution < 1.29 is 19.4 Å². The Labute approximate surface area is 255 Å². The summed E-state index contributed by atoms with van der Waals surface area (Å²) in [5.74, 6) is -0.175. The Morgan fingerprint density at radius 3 is 2.12 bits per heavy atom. The third-order valence-corrected chi connectivity index (χ3v) is 7.23. The zero-order valence-electron chi connectivity index (χ0n) is 25.7. The molecule has 6 nitrogen and oxygen atoms in total. The van der Waals surface area contributed by atoms with E-state index >= 15 is 0 Å². The van der Waals surface area contributed by atoms with Gasteiger partial charge in [0.05, 0.1) is 6.54 Å². The monoisotopic (exact) mass is 590 g/mol. The van der Waals surface area contributed by atoms with Crippen molar-refractivity contribution in [3.63, 3.8) is 0 Å². The summed E-state index contributed by atoms with van der Waals surface area (Å²) in [6.45, 7) is 11.5. The van der Waals surface area contributed by atoms with Gasteiger partial charge in [0.15, 0.2) is 6.10 Å². The van der Waals surface area contributed by atoms with Crippen molar-refractivity contribution in [2.75, 3.05) is 19.5 Å². The summed E-state index contributed by atoms with van der Waals surface area (Å²) in [7, 11) is 0. The van der Waals surface area contributed by atoms with Crippen LogP contribution in [0.5, 0.6) is 5.75 Å². The lowest BCUT2D eigenvalue weighted by Gasteiger charge is -2.14. The lowest BCUT2D eigenvalue weighted by Crippen LogP contribution is -2.26. The molecule has 0 aliphatic rings. The minimum absolute atomic E-state index is 0.159. The second-order valence-electron chi connectivity index (χ2n) is 9.42. The second kappa shape index (κ2) is 18.8. The normalized spacial score (nSPS) is 11.8. The summed E-state index contributed by atoms with van der Waals surface area (Å²) in [6, 6.07) is 30.6. The molecule has 3 N–H and O–H groups in total. The van der Waals surface area contributed by atoms with E-state index in [0.29, 0.717) is 19.6 Å². The molecule has 0 amide bonds. The third kappa shape index (κ3) is 11.0. The molecule has 4 rings (SSSR count). The largest absolute Gasteiger partial charge is 0.492 e. The molecule has 0 fully saturated rings. The summed E-state index contributed by atoms with van der Waals surface area (Å²) < 4.78 is 13.5. The van der Waals surface area contributed by atoms with Crippen molar-refractivity contribution in [3.05, 3.63) is 108 Å². The fourth-order valence-electron chi connectivity index (χ4n) is 4.25. The van der Waals surface area contributed by atoms with E-state index in [2.05, 4.69) is 54.1 Å². The summed E-state index contributed by atoms with van der Waals surface area (Å²) in [5.41, 5.74) is 11.3. The van der Waals surface area contributed by atoms with Crippen LogP contribution in [0.2, 0.25) is 0 Å². The molecular formula is C35H46N2O4S. The van der Waals surface area contributed by atoms with E-state index in [4.69, 9.17) is 15.2 Å². The van der Waals surface area contributed by atoms with Gasteiger partial charge in [0.1, 0.15) is 12.4 Å². The Kier molecular flexibility index (Phi) is 15.5. The van der Waals surface area contributed by atoms with Gasteiger partial charge < -0.3 is 24.9 Å². The molecule has 226 valence electrons. The first-order valence-corrected chi connectivity index (χ1v) is 15.7. The van der Waals surface area contributed by atoms with Gasteiger partial charge in [-0.1, -0.05) is 68.4 Å². The number of nitrogens with two attached hydrogens (primary N) is 1. The molecule has 0 aliphatic heterocycles. The van der Waals surface area contributed by atoms with Crippen LogP contribution in [0.4, 0.5) is 0 Å². The van der Waals surface area contributed by atoms with Gasteiger partial charge in [-0.25, -0.2) is 4.79 Å². The molecule has 0 spiro atoms. The molecule has 0 bridgehead atoms. The minimum Gasteiger partial charge on any atom is -0.492 e. The van der Waals surface area contributed by atoms with E-state index in [9.17, 15) is 9.90 Å². The number of ether oxygens (including phenoxy) is 2. The molecule has 42 heavy (non-hydrogen) atoms. The highest BCUT2D eigenvalue weighted by Crippen LogP contribution is 2.25. The number of rotatable bonds is 12. The van der Waals surface area contributed by atoms with E-state index in [1.807, 2.05) is 75.4 Å². The van der Waals surface area contributed by atoms with Gasteiger partial charge in [0.25, 0.3) is 0 Å². The Morgan fingerprint density at radius 2 is 1.60 bits per heavy atom. The molecule has 0 aliphatic carbocycles. The van der Waals surface area contributed by atoms with Crippen LogP contribution in [0.15, 0.2) is 95.9 Å². The van der Waals surface area contributed by atoms with Crippen LogP contribution < -0.4 is 10.5 Å². The average Bonchev–Trinajstić information content (AvgIpc) is 3.39. The van der Waals surface area contributed by atoms with Gasteiger partial charge in [0.2, 0.25) is 0 Å². The van der Waals surface area contributed by atoms with Gasteiger partial charge in [-0.2, -0.15) is 0 Å².